The van der Waals surface area contributed by atoms with Gasteiger partial charge in [0.2, 0.25) is 0 Å². The minimum absolute atomic E-state index is 0.0831. The number of aromatic nitrogens is 1. The molecular weight excluding hydrogens is 542 g/mol. The Morgan fingerprint density at radius 2 is 1.89 bits per heavy atom. The van der Waals surface area contributed by atoms with E-state index in [2.05, 4.69) is 4.98 Å². The second kappa shape index (κ2) is 10.3. The number of amides is 1. The van der Waals surface area contributed by atoms with Gasteiger partial charge in [-0.2, -0.15) is 0 Å². The summed E-state index contributed by atoms with van der Waals surface area (Å²) in [5.74, 6) is -0.261. The maximum Gasteiger partial charge on any atom is 0.264 e. The van der Waals surface area contributed by atoms with Crippen molar-refractivity contribution < 1.29 is 17.9 Å². The number of thiazole rings is 1. The molecule has 1 unspecified atom stereocenters. The van der Waals surface area contributed by atoms with E-state index in [4.69, 9.17) is 16.3 Å². The van der Waals surface area contributed by atoms with Crippen LogP contribution in [0.5, 0.6) is 0 Å². The molecule has 3 heterocycles. The first kappa shape index (κ1) is 25.3. The van der Waals surface area contributed by atoms with Crippen LogP contribution in [0.2, 0.25) is 5.02 Å². The molecule has 1 atom stereocenters. The molecule has 6 rings (SSSR count). The third-order valence-electron chi connectivity index (χ3n) is 7.00. The van der Waals surface area contributed by atoms with Crippen LogP contribution in [0.15, 0.2) is 71.6 Å². The number of carbonyl (C=O) groups is 1. The van der Waals surface area contributed by atoms with Crippen molar-refractivity contribution in [3.63, 3.8) is 0 Å². The highest BCUT2D eigenvalue weighted by Crippen LogP contribution is 2.35. The molecule has 2 aliphatic heterocycles. The molecule has 196 valence electrons. The molecule has 2 aliphatic rings. The molecule has 38 heavy (non-hydrogen) atoms. The van der Waals surface area contributed by atoms with Crippen molar-refractivity contribution in [3.8, 4) is 0 Å². The average Bonchev–Trinajstić information content (AvgIpc) is 3.62. The van der Waals surface area contributed by atoms with Gasteiger partial charge in [-0.1, -0.05) is 47.2 Å². The molecule has 3 aromatic carbocycles. The first-order valence-electron chi connectivity index (χ1n) is 12.6. The van der Waals surface area contributed by atoms with Gasteiger partial charge in [0.1, 0.15) is 5.52 Å². The quantitative estimate of drug-likeness (QED) is 0.289. The molecule has 4 aromatic rings. The fourth-order valence-corrected chi connectivity index (χ4v) is 7.87. The van der Waals surface area contributed by atoms with Crippen LogP contribution >= 0.6 is 22.9 Å². The normalized spacial score (nSPS) is 17.5. The SMILES string of the molecule is O=C(c1ccc(S(=O)(=O)N2CCCc3ccccc32)cc1)N(CC1CCCO1)c1nc2c(Cl)cccc2s1. The highest BCUT2D eigenvalue weighted by molar-refractivity contribution is 7.92. The lowest BCUT2D eigenvalue weighted by Gasteiger charge is -2.30. The Balaban J connectivity index is 1.31. The number of benzene rings is 3. The predicted octanol–water partition coefficient (Wildman–Crippen LogP) is 5.92. The summed E-state index contributed by atoms with van der Waals surface area (Å²) in [6.07, 6.45) is 3.35. The zero-order valence-electron chi connectivity index (χ0n) is 20.5. The number of halogens is 1. The Morgan fingerprint density at radius 1 is 1.08 bits per heavy atom. The van der Waals surface area contributed by atoms with E-state index in [0.717, 1.165) is 41.6 Å². The van der Waals surface area contributed by atoms with E-state index in [9.17, 15) is 13.2 Å². The number of carbonyl (C=O) groups excluding carboxylic acids is 1. The summed E-state index contributed by atoms with van der Waals surface area (Å²) < 4.78 is 35.3. The Bertz CT molecular complexity index is 1600. The molecule has 1 saturated heterocycles. The third kappa shape index (κ3) is 4.68. The van der Waals surface area contributed by atoms with Gasteiger partial charge in [-0.15, -0.1) is 0 Å². The molecule has 1 amide bonds. The lowest BCUT2D eigenvalue weighted by molar-refractivity contribution is 0.0917. The summed E-state index contributed by atoms with van der Waals surface area (Å²) in [5, 5.41) is 1.07. The van der Waals surface area contributed by atoms with Crippen molar-refractivity contribution in [1.29, 1.82) is 0 Å². The molecule has 0 aliphatic carbocycles. The molecule has 0 radical (unpaired) electrons. The highest BCUT2D eigenvalue weighted by atomic mass is 35.5. The number of ether oxygens (including phenoxy) is 1. The number of hydrogen-bond donors (Lipinski definition) is 0. The Hall–Kier alpha value is -2.98. The minimum Gasteiger partial charge on any atom is -0.376 e. The number of sulfonamides is 1. The van der Waals surface area contributed by atoms with Crippen LogP contribution in [0.1, 0.15) is 35.2 Å². The van der Waals surface area contributed by atoms with Gasteiger partial charge in [0, 0.05) is 18.7 Å². The van der Waals surface area contributed by atoms with Gasteiger partial charge >= 0.3 is 0 Å². The summed E-state index contributed by atoms with van der Waals surface area (Å²) in [6.45, 7) is 1.46. The van der Waals surface area contributed by atoms with E-state index in [1.165, 1.54) is 27.8 Å². The lowest BCUT2D eigenvalue weighted by atomic mass is 10.0. The Morgan fingerprint density at radius 3 is 2.66 bits per heavy atom. The van der Waals surface area contributed by atoms with Gasteiger partial charge in [-0.05, 0) is 73.7 Å². The van der Waals surface area contributed by atoms with Crippen molar-refractivity contribution in [2.45, 2.75) is 36.7 Å². The number of para-hydroxylation sites is 2. The van der Waals surface area contributed by atoms with Crippen LogP contribution in [0, 0.1) is 0 Å². The van der Waals surface area contributed by atoms with Crippen molar-refractivity contribution in [1.82, 2.24) is 4.98 Å². The van der Waals surface area contributed by atoms with E-state index in [1.54, 1.807) is 23.1 Å². The standard InChI is InChI=1S/C28H26ClN3O4S2/c29-23-9-3-11-25-26(23)30-28(37-25)31(18-21-8-5-17-36-21)27(33)20-12-14-22(15-13-20)38(34,35)32-16-4-7-19-6-1-2-10-24(19)32/h1-3,6,9-15,21H,4-5,7-8,16-18H2. The van der Waals surface area contributed by atoms with E-state index in [-0.39, 0.29) is 16.9 Å². The third-order valence-corrected chi connectivity index (χ3v) is 10.2. The van der Waals surface area contributed by atoms with Crippen LogP contribution in [-0.2, 0) is 21.2 Å². The number of aryl methyl sites for hydroxylation is 1. The smallest absolute Gasteiger partial charge is 0.264 e. The van der Waals surface area contributed by atoms with Crippen molar-refractivity contribution in [2.24, 2.45) is 0 Å². The number of fused-ring (bicyclic) bond motifs is 2. The van der Waals surface area contributed by atoms with Crippen LogP contribution < -0.4 is 9.21 Å². The van der Waals surface area contributed by atoms with Gasteiger partial charge in [0.15, 0.2) is 5.13 Å². The first-order chi connectivity index (χ1) is 18.4. The van der Waals surface area contributed by atoms with Gasteiger partial charge in [0.25, 0.3) is 15.9 Å². The lowest BCUT2D eigenvalue weighted by Crippen LogP contribution is -2.37. The summed E-state index contributed by atoms with van der Waals surface area (Å²) in [5.41, 5.74) is 2.78. The summed E-state index contributed by atoms with van der Waals surface area (Å²) >= 11 is 7.75. The number of hydrogen-bond acceptors (Lipinski definition) is 6. The van der Waals surface area contributed by atoms with Crippen LogP contribution in [0.4, 0.5) is 10.8 Å². The monoisotopic (exact) mass is 567 g/mol. The molecule has 0 N–H and O–H groups in total. The van der Waals surface area contributed by atoms with Crippen LogP contribution in [0.3, 0.4) is 0 Å². The highest BCUT2D eigenvalue weighted by Gasteiger charge is 2.30. The van der Waals surface area contributed by atoms with E-state index < -0.39 is 10.0 Å². The summed E-state index contributed by atoms with van der Waals surface area (Å²) in [6, 6.07) is 19.3. The maximum atomic E-state index is 13.8. The van der Waals surface area contributed by atoms with E-state index in [1.807, 2.05) is 36.4 Å². The van der Waals surface area contributed by atoms with Crippen LogP contribution in [0.25, 0.3) is 10.2 Å². The van der Waals surface area contributed by atoms with Gasteiger partial charge in [-0.3, -0.25) is 14.0 Å². The zero-order valence-corrected chi connectivity index (χ0v) is 22.9. The molecule has 1 aromatic heterocycles. The molecular formula is C28H26ClN3O4S2. The maximum absolute atomic E-state index is 13.8. The molecule has 0 bridgehead atoms. The minimum atomic E-state index is -3.77. The fraction of sp³-hybridized carbons (Fsp3) is 0.286. The number of nitrogens with zero attached hydrogens (tertiary/aromatic N) is 3. The Labute approximate surface area is 230 Å². The number of rotatable bonds is 6. The van der Waals surface area contributed by atoms with Crippen molar-refractivity contribution >= 4 is 59.9 Å². The predicted molar refractivity (Wildman–Crippen MR) is 151 cm³/mol. The summed E-state index contributed by atoms with van der Waals surface area (Å²) in [7, 11) is -3.77. The second-order valence-corrected chi connectivity index (χ2v) is 12.7. The topological polar surface area (TPSA) is 79.8 Å². The average molecular weight is 568 g/mol. The number of anilines is 2. The first-order valence-corrected chi connectivity index (χ1v) is 15.2. The molecule has 0 saturated carbocycles. The van der Waals surface area contributed by atoms with Crippen molar-refractivity contribution in [2.75, 3.05) is 28.9 Å². The Kier molecular flexibility index (Phi) is 6.86. The van der Waals surface area contributed by atoms with Crippen LogP contribution in [-0.4, -0.2) is 45.1 Å². The molecule has 0 spiro atoms. The summed E-state index contributed by atoms with van der Waals surface area (Å²) in [4.78, 5) is 20.2. The van der Waals surface area contributed by atoms with Gasteiger partial charge in [0.05, 0.1) is 33.0 Å². The molecule has 7 nitrogen and oxygen atoms in total. The zero-order chi connectivity index (χ0) is 26.3. The molecule has 1 fully saturated rings. The van der Waals surface area contributed by atoms with E-state index in [0.29, 0.717) is 40.9 Å². The second-order valence-electron chi connectivity index (χ2n) is 9.47. The fourth-order valence-electron chi connectivity index (χ4n) is 5.06. The van der Waals surface area contributed by atoms with Gasteiger partial charge in [-0.25, -0.2) is 13.4 Å². The van der Waals surface area contributed by atoms with Crippen molar-refractivity contribution in [3.05, 3.63) is 82.9 Å². The largest absolute Gasteiger partial charge is 0.376 e. The molecule has 10 heteroatoms. The van der Waals surface area contributed by atoms with Gasteiger partial charge < -0.3 is 4.74 Å². The van der Waals surface area contributed by atoms with E-state index >= 15 is 0 Å².